The van der Waals surface area contributed by atoms with Crippen LogP contribution in [0, 0.1) is 10.1 Å². The molecule has 29 heavy (non-hydrogen) atoms. The number of nitrogens with zero attached hydrogens (tertiary/aromatic N) is 4. The average molecular weight is 452 g/mol. The van der Waals surface area contributed by atoms with Crippen molar-refractivity contribution in [1.29, 1.82) is 0 Å². The second kappa shape index (κ2) is 8.62. The fourth-order valence-corrected chi connectivity index (χ4v) is 5.22. The van der Waals surface area contributed by atoms with E-state index in [9.17, 15) is 14.9 Å². The number of thiazole rings is 1. The first kappa shape index (κ1) is 20.0. The SMILES string of the molecule is O=C(NCCN1CCN(c2nc3c(Cl)cccc3s2)CC1)c1ccc([N+](=O)[O-])s1. The van der Waals surface area contributed by atoms with Crippen molar-refractivity contribution in [3.63, 3.8) is 0 Å². The van der Waals surface area contributed by atoms with Crippen LogP contribution in [-0.4, -0.2) is 60.0 Å². The fraction of sp³-hybridized carbons (Fsp3) is 0.333. The van der Waals surface area contributed by atoms with Gasteiger partial charge in [-0.25, -0.2) is 4.98 Å². The van der Waals surface area contributed by atoms with Gasteiger partial charge in [0, 0.05) is 45.3 Å². The molecule has 0 atom stereocenters. The quantitative estimate of drug-likeness (QED) is 0.455. The molecule has 1 aliphatic heterocycles. The van der Waals surface area contributed by atoms with Crippen LogP contribution in [0.15, 0.2) is 30.3 Å². The zero-order chi connectivity index (χ0) is 20.4. The first-order valence-electron chi connectivity index (χ1n) is 9.06. The predicted molar refractivity (Wildman–Crippen MR) is 117 cm³/mol. The lowest BCUT2D eigenvalue weighted by molar-refractivity contribution is -0.380. The largest absolute Gasteiger partial charge is 0.350 e. The molecule has 1 aromatic carbocycles. The van der Waals surface area contributed by atoms with Crippen LogP contribution in [0.2, 0.25) is 5.02 Å². The summed E-state index contributed by atoms with van der Waals surface area (Å²) in [5, 5.41) is 15.2. The molecular formula is C18H18ClN5O3S2. The van der Waals surface area contributed by atoms with Gasteiger partial charge in [-0.3, -0.25) is 19.8 Å². The Balaban J connectivity index is 1.25. The van der Waals surface area contributed by atoms with Gasteiger partial charge in [0.1, 0.15) is 5.52 Å². The number of piperazine rings is 1. The number of benzene rings is 1. The number of amides is 1. The Hall–Kier alpha value is -2.27. The van der Waals surface area contributed by atoms with E-state index in [1.165, 1.54) is 12.1 Å². The number of hydrogen-bond acceptors (Lipinski definition) is 8. The molecule has 1 aliphatic rings. The maximum atomic E-state index is 12.1. The highest BCUT2D eigenvalue weighted by molar-refractivity contribution is 7.22. The molecule has 1 amide bonds. The summed E-state index contributed by atoms with van der Waals surface area (Å²) in [6.45, 7) is 4.72. The summed E-state index contributed by atoms with van der Waals surface area (Å²) in [5.41, 5.74) is 0.855. The number of anilines is 1. The molecule has 1 fully saturated rings. The van der Waals surface area contributed by atoms with E-state index in [1.807, 2.05) is 18.2 Å². The van der Waals surface area contributed by atoms with E-state index in [0.717, 1.165) is 59.4 Å². The van der Waals surface area contributed by atoms with E-state index in [-0.39, 0.29) is 10.9 Å². The number of halogens is 1. The molecule has 3 aromatic rings. The molecule has 0 unspecified atom stereocenters. The number of thiophene rings is 1. The van der Waals surface area contributed by atoms with E-state index in [2.05, 4.69) is 20.1 Å². The number of aromatic nitrogens is 1. The highest BCUT2D eigenvalue weighted by Crippen LogP contribution is 2.33. The van der Waals surface area contributed by atoms with Crippen LogP contribution in [0.25, 0.3) is 10.2 Å². The standard InChI is InChI=1S/C18H18ClN5O3S2/c19-12-2-1-3-13-16(12)21-18(29-13)23-10-8-22(9-11-23)7-6-20-17(25)14-4-5-15(28-14)24(26)27/h1-5H,6-11H2,(H,20,25). The van der Waals surface area contributed by atoms with Crippen LogP contribution < -0.4 is 10.2 Å². The number of carbonyl (C=O) groups is 1. The molecular weight excluding hydrogens is 434 g/mol. The Bertz CT molecular complexity index is 1050. The van der Waals surface area contributed by atoms with Gasteiger partial charge in [0.15, 0.2) is 5.13 Å². The minimum Gasteiger partial charge on any atom is -0.350 e. The van der Waals surface area contributed by atoms with Crippen molar-refractivity contribution >= 4 is 60.5 Å². The first-order chi connectivity index (χ1) is 14.0. The van der Waals surface area contributed by atoms with Crippen molar-refractivity contribution in [1.82, 2.24) is 15.2 Å². The van der Waals surface area contributed by atoms with Gasteiger partial charge in [-0.15, -0.1) is 0 Å². The van der Waals surface area contributed by atoms with Gasteiger partial charge < -0.3 is 10.2 Å². The predicted octanol–water partition coefficient (Wildman–Crippen LogP) is 3.47. The molecule has 0 radical (unpaired) electrons. The molecule has 11 heteroatoms. The smallest absolute Gasteiger partial charge is 0.324 e. The molecule has 0 bridgehead atoms. The highest BCUT2D eigenvalue weighted by atomic mass is 35.5. The third-order valence-electron chi connectivity index (χ3n) is 4.71. The van der Waals surface area contributed by atoms with Crippen LogP contribution in [0.5, 0.6) is 0 Å². The van der Waals surface area contributed by atoms with Gasteiger partial charge in [-0.1, -0.05) is 40.3 Å². The molecule has 0 spiro atoms. The number of para-hydroxylation sites is 1. The third-order valence-corrected chi connectivity index (χ3v) is 7.13. The molecule has 2 aromatic heterocycles. The summed E-state index contributed by atoms with van der Waals surface area (Å²) < 4.78 is 1.09. The van der Waals surface area contributed by atoms with Crippen LogP contribution in [0.1, 0.15) is 9.67 Å². The Morgan fingerprint density at radius 3 is 2.69 bits per heavy atom. The second-order valence-corrected chi connectivity index (χ2v) is 9.04. The summed E-state index contributed by atoms with van der Waals surface area (Å²) in [6, 6.07) is 8.67. The number of rotatable bonds is 6. The number of fused-ring (bicyclic) bond motifs is 1. The summed E-state index contributed by atoms with van der Waals surface area (Å²) in [7, 11) is 0. The topological polar surface area (TPSA) is 91.6 Å². The Labute approximate surface area is 179 Å². The van der Waals surface area contributed by atoms with Crippen molar-refractivity contribution in [3.05, 3.63) is 50.3 Å². The molecule has 1 saturated heterocycles. The monoisotopic (exact) mass is 451 g/mol. The number of nitrogens with one attached hydrogen (secondary N) is 1. The molecule has 152 valence electrons. The van der Waals surface area contributed by atoms with E-state index < -0.39 is 4.92 Å². The van der Waals surface area contributed by atoms with Gasteiger partial charge in [-0.05, 0) is 18.2 Å². The summed E-state index contributed by atoms with van der Waals surface area (Å²) in [6.07, 6.45) is 0. The average Bonchev–Trinajstić information content (AvgIpc) is 3.37. The van der Waals surface area contributed by atoms with Crippen molar-refractivity contribution in [2.75, 3.05) is 44.2 Å². The fourth-order valence-electron chi connectivity index (χ4n) is 3.16. The van der Waals surface area contributed by atoms with Crippen LogP contribution in [0.3, 0.4) is 0 Å². The van der Waals surface area contributed by atoms with Crippen molar-refractivity contribution < 1.29 is 9.72 Å². The molecule has 0 saturated carbocycles. The Morgan fingerprint density at radius 1 is 1.21 bits per heavy atom. The van der Waals surface area contributed by atoms with Gasteiger partial charge >= 0.3 is 5.00 Å². The lowest BCUT2D eigenvalue weighted by Gasteiger charge is -2.34. The van der Waals surface area contributed by atoms with Gasteiger partial charge in [0.25, 0.3) is 5.91 Å². The van der Waals surface area contributed by atoms with E-state index in [4.69, 9.17) is 11.6 Å². The normalized spacial score (nSPS) is 15.0. The summed E-state index contributed by atoms with van der Waals surface area (Å²) in [5.74, 6) is -0.270. The van der Waals surface area contributed by atoms with Crippen molar-refractivity contribution in [2.24, 2.45) is 0 Å². The lowest BCUT2D eigenvalue weighted by atomic mass is 10.3. The zero-order valence-corrected chi connectivity index (χ0v) is 17.7. The van der Waals surface area contributed by atoms with Crippen LogP contribution >= 0.6 is 34.3 Å². The van der Waals surface area contributed by atoms with Crippen LogP contribution in [0.4, 0.5) is 10.1 Å². The van der Waals surface area contributed by atoms with Gasteiger partial charge in [0.05, 0.1) is 19.5 Å². The molecule has 3 heterocycles. The highest BCUT2D eigenvalue weighted by Gasteiger charge is 2.21. The first-order valence-corrected chi connectivity index (χ1v) is 11.1. The third kappa shape index (κ3) is 4.50. The van der Waals surface area contributed by atoms with Gasteiger partial charge in [0.2, 0.25) is 0 Å². The molecule has 4 rings (SSSR count). The Morgan fingerprint density at radius 2 is 2.00 bits per heavy atom. The Kier molecular flexibility index (Phi) is 5.95. The van der Waals surface area contributed by atoms with E-state index in [0.29, 0.717) is 16.4 Å². The van der Waals surface area contributed by atoms with Crippen molar-refractivity contribution in [2.45, 2.75) is 0 Å². The summed E-state index contributed by atoms with van der Waals surface area (Å²) >= 11 is 8.77. The maximum Gasteiger partial charge on any atom is 0.324 e. The number of carbonyl (C=O) groups excluding carboxylic acids is 1. The molecule has 8 nitrogen and oxygen atoms in total. The zero-order valence-electron chi connectivity index (χ0n) is 15.3. The second-order valence-electron chi connectivity index (χ2n) is 6.56. The minimum absolute atomic E-state index is 0.0255. The van der Waals surface area contributed by atoms with E-state index >= 15 is 0 Å². The number of hydrogen-bond donors (Lipinski definition) is 1. The minimum atomic E-state index is -0.486. The lowest BCUT2D eigenvalue weighted by Crippen LogP contribution is -2.48. The maximum absolute atomic E-state index is 12.1. The number of nitro groups is 1. The van der Waals surface area contributed by atoms with Crippen molar-refractivity contribution in [3.8, 4) is 0 Å². The van der Waals surface area contributed by atoms with Gasteiger partial charge in [-0.2, -0.15) is 0 Å². The molecule has 0 aliphatic carbocycles. The summed E-state index contributed by atoms with van der Waals surface area (Å²) in [4.78, 5) is 31.9. The molecule has 1 N–H and O–H groups in total. The van der Waals surface area contributed by atoms with E-state index in [1.54, 1.807) is 11.3 Å². The van der Waals surface area contributed by atoms with Crippen LogP contribution in [-0.2, 0) is 0 Å².